The number of fused-ring (bicyclic) bond motifs is 1. The highest BCUT2D eigenvalue weighted by Gasteiger charge is 2.81. The molecule has 2 rings (SSSR count). The largest absolute Gasteiger partial charge is 0.481 e. The molecule has 1 aliphatic heterocycles. The number of amides is 1. The van der Waals surface area contributed by atoms with Gasteiger partial charge in [-0.2, -0.15) is 0 Å². The van der Waals surface area contributed by atoms with Crippen LogP contribution in [0.25, 0.3) is 0 Å². The molecule has 1 amide bonds. The predicted octanol–water partition coefficient (Wildman–Crippen LogP) is 2.11. The minimum absolute atomic E-state index is 0.239. The topological polar surface area (TPSA) is 66.8 Å². The van der Waals surface area contributed by atoms with Gasteiger partial charge in [-0.1, -0.05) is 13.8 Å². The molecule has 0 spiro atoms. The Morgan fingerprint density at radius 3 is 2.22 bits per heavy atom. The van der Waals surface area contributed by atoms with Crippen molar-refractivity contribution in [2.24, 2.45) is 10.8 Å². The van der Waals surface area contributed by atoms with E-state index >= 15 is 0 Å². The number of aliphatic carboxylic acids is 1. The number of hydrogen-bond acceptors (Lipinski definition) is 3. The van der Waals surface area contributed by atoms with Crippen LogP contribution in [0.4, 0.5) is 4.79 Å². The SMILES string of the molecule is CC(C)(C)OC(=O)N1CC[C@@]2(C(=O)O)[C@@H]1C2(C)C. The van der Waals surface area contributed by atoms with Crippen molar-refractivity contribution in [2.75, 3.05) is 6.54 Å². The molecule has 0 aromatic carbocycles. The van der Waals surface area contributed by atoms with Crippen molar-refractivity contribution >= 4 is 12.1 Å². The number of rotatable bonds is 1. The summed E-state index contributed by atoms with van der Waals surface area (Å²) in [4.78, 5) is 25.1. The van der Waals surface area contributed by atoms with Crippen LogP contribution in [0.5, 0.6) is 0 Å². The van der Waals surface area contributed by atoms with E-state index in [1.807, 2.05) is 34.6 Å². The average molecular weight is 255 g/mol. The number of likely N-dealkylation sites (tertiary alicyclic amines) is 1. The molecule has 0 radical (unpaired) electrons. The zero-order chi connectivity index (χ0) is 13.9. The van der Waals surface area contributed by atoms with Gasteiger partial charge < -0.3 is 14.7 Å². The molecule has 5 heteroatoms. The molecule has 2 atom stereocenters. The lowest BCUT2D eigenvalue weighted by molar-refractivity contribution is -0.144. The number of carbonyl (C=O) groups excluding carboxylic acids is 1. The third-order valence-electron chi connectivity index (χ3n) is 4.29. The minimum atomic E-state index is -0.802. The number of carboxylic acid groups (broad SMARTS) is 1. The van der Waals surface area contributed by atoms with E-state index in [0.29, 0.717) is 13.0 Å². The van der Waals surface area contributed by atoms with Crippen LogP contribution in [-0.2, 0) is 9.53 Å². The number of piperidine rings is 1. The van der Waals surface area contributed by atoms with Crippen molar-refractivity contribution < 1.29 is 19.4 Å². The summed E-state index contributed by atoms with van der Waals surface area (Å²) in [5, 5.41) is 9.40. The number of nitrogens with zero attached hydrogens (tertiary/aromatic N) is 1. The Morgan fingerprint density at radius 1 is 1.33 bits per heavy atom. The fraction of sp³-hybridized carbons (Fsp3) is 0.846. The van der Waals surface area contributed by atoms with Crippen molar-refractivity contribution in [2.45, 2.75) is 52.7 Å². The van der Waals surface area contributed by atoms with E-state index in [9.17, 15) is 14.7 Å². The van der Waals surface area contributed by atoms with Crippen LogP contribution in [0, 0.1) is 10.8 Å². The smallest absolute Gasteiger partial charge is 0.410 e. The Balaban J connectivity index is 2.17. The maximum Gasteiger partial charge on any atom is 0.410 e. The maximum absolute atomic E-state index is 12.1. The van der Waals surface area contributed by atoms with Gasteiger partial charge in [-0.15, -0.1) is 0 Å². The van der Waals surface area contributed by atoms with E-state index in [4.69, 9.17) is 4.74 Å². The molecule has 1 saturated heterocycles. The van der Waals surface area contributed by atoms with Crippen LogP contribution in [0.3, 0.4) is 0 Å². The molecule has 1 N–H and O–H groups in total. The van der Waals surface area contributed by atoms with Gasteiger partial charge in [-0.3, -0.25) is 4.79 Å². The Labute approximate surface area is 107 Å². The summed E-state index contributed by atoms with van der Waals surface area (Å²) in [5.41, 5.74) is -1.69. The van der Waals surface area contributed by atoms with Crippen LogP contribution < -0.4 is 0 Å². The Bertz CT molecular complexity index is 410. The Hall–Kier alpha value is -1.26. The highest BCUT2D eigenvalue weighted by molar-refractivity contribution is 5.85. The second kappa shape index (κ2) is 3.39. The quantitative estimate of drug-likeness (QED) is 0.779. The van der Waals surface area contributed by atoms with E-state index in [0.717, 1.165) is 0 Å². The maximum atomic E-state index is 12.1. The Morgan fingerprint density at radius 2 is 1.89 bits per heavy atom. The van der Waals surface area contributed by atoms with Gasteiger partial charge in [0, 0.05) is 12.0 Å². The zero-order valence-corrected chi connectivity index (χ0v) is 11.6. The lowest BCUT2D eigenvalue weighted by Crippen LogP contribution is -2.38. The first-order chi connectivity index (χ1) is 8.04. The summed E-state index contributed by atoms with van der Waals surface area (Å²) in [6, 6.07) is -0.239. The standard InChI is InChI=1S/C13H21NO4/c1-11(2,3)18-10(17)14-7-6-13(9(15)16)8(14)12(13,4)5/h8H,6-7H2,1-5H3,(H,15,16)/t8-,13-/m0/s1. The summed E-state index contributed by atoms with van der Waals surface area (Å²) in [7, 11) is 0. The van der Waals surface area contributed by atoms with Crippen molar-refractivity contribution in [3.8, 4) is 0 Å². The third-order valence-corrected chi connectivity index (χ3v) is 4.29. The van der Waals surface area contributed by atoms with Gasteiger partial charge in [-0.05, 0) is 27.2 Å². The summed E-state index contributed by atoms with van der Waals surface area (Å²) >= 11 is 0. The highest BCUT2D eigenvalue weighted by atomic mass is 16.6. The van der Waals surface area contributed by atoms with Gasteiger partial charge in [0.15, 0.2) is 0 Å². The predicted molar refractivity (Wildman–Crippen MR) is 65.2 cm³/mol. The van der Waals surface area contributed by atoms with Gasteiger partial charge in [0.05, 0.1) is 11.5 Å². The molecule has 0 unspecified atom stereocenters. The molecule has 1 aliphatic carbocycles. The van der Waals surface area contributed by atoms with Crippen molar-refractivity contribution in [3.05, 3.63) is 0 Å². The van der Waals surface area contributed by atoms with Gasteiger partial charge in [0.1, 0.15) is 5.60 Å². The minimum Gasteiger partial charge on any atom is -0.481 e. The molecule has 1 heterocycles. The zero-order valence-electron chi connectivity index (χ0n) is 11.6. The lowest BCUT2D eigenvalue weighted by atomic mass is 9.93. The molecule has 0 aromatic rings. The first-order valence-corrected chi connectivity index (χ1v) is 6.27. The van der Waals surface area contributed by atoms with Crippen LogP contribution in [0.15, 0.2) is 0 Å². The normalized spacial score (nSPS) is 32.9. The van der Waals surface area contributed by atoms with E-state index in [1.54, 1.807) is 4.90 Å². The second-order valence-corrected chi connectivity index (χ2v) is 6.82. The first kappa shape index (κ1) is 13.2. The van der Waals surface area contributed by atoms with E-state index < -0.39 is 23.1 Å². The molecule has 18 heavy (non-hydrogen) atoms. The summed E-state index contributed by atoms with van der Waals surface area (Å²) in [6.07, 6.45) is 0.111. The Kier molecular flexibility index (Phi) is 2.49. The molecule has 5 nitrogen and oxygen atoms in total. The summed E-state index contributed by atoms with van der Waals surface area (Å²) in [5.74, 6) is -0.802. The molecule has 2 aliphatic rings. The van der Waals surface area contributed by atoms with Gasteiger partial charge >= 0.3 is 12.1 Å². The van der Waals surface area contributed by atoms with Gasteiger partial charge in [0.2, 0.25) is 0 Å². The second-order valence-electron chi connectivity index (χ2n) is 6.82. The molecule has 102 valence electrons. The van der Waals surface area contributed by atoms with E-state index in [1.165, 1.54) is 0 Å². The molecular weight excluding hydrogens is 234 g/mol. The van der Waals surface area contributed by atoms with E-state index in [2.05, 4.69) is 0 Å². The summed E-state index contributed by atoms with van der Waals surface area (Å²) in [6.45, 7) is 9.70. The van der Waals surface area contributed by atoms with Crippen molar-refractivity contribution in [1.29, 1.82) is 0 Å². The fourth-order valence-corrected chi connectivity index (χ4v) is 3.38. The van der Waals surface area contributed by atoms with Gasteiger partial charge in [0.25, 0.3) is 0 Å². The molecular formula is C13H21NO4. The number of carboxylic acids is 1. The van der Waals surface area contributed by atoms with Crippen LogP contribution in [0.2, 0.25) is 0 Å². The van der Waals surface area contributed by atoms with E-state index in [-0.39, 0.29) is 11.5 Å². The van der Waals surface area contributed by atoms with Crippen molar-refractivity contribution in [1.82, 2.24) is 4.90 Å². The lowest BCUT2D eigenvalue weighted by Gasteiger charge is -2.27. The molecule has 2 fully saturated rings. The first-order valence-electron chi connectivity index (χ1n) is 6.27. The monoisotopic (exact) mass is 255 g/mol. The number of ether oxygens (including phenoxy) is 1. The van der Waals surface area contributed by atoms with Crippen molar-refractivity contribution in [3.63, 3.8) is 0 Å². The summed E-state index contributed by atoms with van der Waals surface area (Å²) < 4.78 is 5.33. The molecule has 0 aromatic heterocycles. The average Bonchev–Trinajstić information content (AvgIpc) is 2.55. The molecule has 0 bridgehead atoms. The molecule has 1 saturated carbocycles. The number of hydrogen-bond donors (Lipinski definition) is 1. The van der Waals surface area contributed by atoms with Gasteiger partial charge in [-0.25, -0.2) is 4.79 Å². The highest BCUT2D eigenvalue weighted by Crippen LogP contribution is 2.71. The number of carbonyl (C=O) groups is 2. The van der Waals surface area contributed by atoms with Crippen LogP contribution >= 0.6 is 0 Å². The van der Waals surface area contributed by atoms with Crippen LogP contribution in [-0.4, -0.2) is 40.3 Å². The fourth-order valence-electron chi connectivity index (χ4n) is 3.38. The third kappa shape index (κ3) is 1.52. The van der Waals surface area contributed by atoms with Crippen LogP contribution in [0.1, 0.15) is 41.0 Å².